The molecule has 0 fully saturated rings. The Bertz CT molecular complexity index is 379. The van der Waals surface area contributed by atoms with Gasteiger partial charge in [-0.1, -0.05) is 0 Å². The summed E-state index contributed by atoms with van der Waals surface area (Å²) in [7, 11) is 0. The van der Waals surface area contributed by atoms with Crippen molar-refractivity contribution in [3.63, 3.8) is 0 Å². The van der Waals surface area contributed by atoms with Crippen LogP contribution >= 0.6 is 12.4 Å². The zero-order chi connectivity index (χ0) is 10.2. The maximum atomic E-state index is 12.9. The number of rotatable bonds is 1. The van der Waals surface area contributed by atoms with Crippen molar-refractivity contribution in [3.8, 4) is 0 Å². The van der Waals surface area contributed by atoms with Crippen LogP contribution in [0.4, 0.5) is 13.2 Å². The van der Waals surface area contributed by atoms with Gasteiger partial charge in [-0.25, -0.2) is 13.2 Å². The molecule has 0 saturated heterocycles. The molecular formula is C8H8ClF3N2. The van der Waals surface area contributed by atoms with Crippen LogP contribution in [0, 0.1) is 29.8 Å². The van der Waals surface area contributed by atoms with Crippen molar-refractivity contribution in [2.24, 2.45) is 5.73 Å². The van der Waals surface area contributed by atoms with Crippen LogP contribution in [0.5, 0.6) is 0 Å². The Morgan fingerprint density at radius 3 is 2.21 bits per heavy atom. The summed E-state index contributed by atoms with van der Waals surface area (Å²) in [5.74, 6) is -4.20. The second-order valence-corrected chi connectivity index (χ2v) is 2.57. The van der Waals surface area contributed by atoms with Crippen molar-refractivity contribution < 1.29 is 13.2 Å². The second-order valence-electron chi connectivity index (χ2n) is 2.57. The Morgan fingerprint density at radius 1 is 1.29 bits per heavy atom. The molecule has 0 aliphatic carbocycles. The monoisotopic (exact) mass is 224 g/mol. The summed E-state index contributed by atoms with van der Waals surface area (Å²) in [5.41, 5.74) is 3.94. The van der Waals surface area contributed by atoms with Crippen molar-refractivity contribution in [3.05, 3.63) is 34.6 Å². The van der Waals surface area contributed by atoms with Gasteiger partial charge in [0.1, 0.15) is 11.7 Å². The summed E-state index contributed by atoms with van der Waals surface area (Å²) in [6.45, 7) is 1.11. The number of nitrogens with two attached hydrogens (primary N) is 1. The molecule has 0 bridgehead atoms. The van der Waals surface area contributed by atoms with Gasteiger partial charge in [0.15, 0.2) is 11.6 Å². The molecule has 1 rings (SSSR count). The molecule has 3 N–H and O–H groups in total. The number of benzene rings is 1. The van der Waals surface area contributed by atoms with E-state index < -0.39 is 34.4 Å². The van der Waals surface area contributed by atoms with Crippen molar-refractivity contribution in [2.75, 3.05) is 0 Å². The van der Waals surface area contributed by atoms with Crippen LogP contribution in [0.15, 0.2) is 6.07 Å². The van der Waals surface area contributed by atoms with Crippen LogP contribution in [0.3, 0.4) is 0 Å². The minimum atomic E-state index is -1.30. The van der Waals surface area contributed by atoms with E-state index in [4.69, 9.17) is 11.1 Å². The van der Waals surface area contributed by atoms with Gasteiger partial charge in [0.05, 0.1) is 5.56 Å². The van der Waals surface area contributed by atoms with E-state index in [9.17, 15) is 13.2 Å². The van der Waals surface area contributed by atoms with E-state index in [-0.39, 0.29) is 12.4 Å². The molecule has 0 amide bonds. The topological polar surface area (TPSA) is 49.9 Å². The number of nitrogen functional groups attached to an aromatic ring is 1. The molecule has 6 heteroatoms. The van der Waals surface area contributed by atoms with Crippen LogP contribution < -0.4 is 5.73 Å². The molecule has 0 aliphatic heterocycles. The Morgan fingerprint density at radius 2 is 1.79 bits per heavy atom. The van der Waals surface area contributed by atoms with E-state index in [0.717, 1.165) is 6.92 Å². The predicted octanol–water partition coefficient (Wildman–Crippen LogP) is 2.12. The highest BCUT2D eigenvalue weighted by molar-refractivity contribution is 5.95. The van der Waals surface area contributed by atoms with Gasteiger partial charge in [0, 0.05) is 5.56 Å². The molecule has 1 aromatic rings. The highest BCUT2D eigenvalue weighted by Crippen LogP contribution is 2.18. The van der Waals surface area contributed by atoms with Gasteiger partial charge in [-0.15, -0.1) is 12.4 Å². The van der Waals surface area contributed by atoms with Crippen LogP contribution in [0.1, 0.15) is 11.1 Å². The summed E-state index contributed by atoms with van der Waals surface area (Å²) < 4.78 is 38.6. The zero-order valence-corrected chi connectivity index (χ0v) is 8.01. The lowest BCUT2D eigenvalue weighted by atomic mass is 10.1. The fourth-order valence-electron chi connectivity index (χ4n) is 0.882. The van der Waals surface area contributed by atoms with Gasteiger partial charge in [-0.2, -0.15) is 0 Å². The summed E-state index contributed by atoms with van der Waals surface area (Å²) in [4.78, 5) is 0. The van der Waals surface area contributed by atoms with Gasteiger partial charge in [-0.05, 0) is 13.0 Å². The lowest BCUT2D eigenvalue weighted by Gasteiger charge is -2.05. The fourth-order valence-corrected chi connectivity index (χ4v) is 0.882. The maximum absolute atomic E-state index is 12.9. The van der Waals surface area contributed by atoms with E-state index >= 15 is 0 Å². The molecule has 0 unspecified atom stereocenters. The number of hydrogen-bond acceptors (Lipinski definition) is 1. The third-order valence-electron chi connectivity index (χ3n) is 1.68. The maximum Gasteiger partial charge on any atom is 0.170 e. The van der Waals surface area contributed by atoms with Crippen LogP contribution in [-0.2, 0) is 0 Å². The number of hydrogen-bond donors (Lipinski definition) is 2. The first kappa shape index (κ1) is 12.8. The Kier molecular flexibility index (Phi) is 3.94. The average molecular weight is 225 g/mol. The second kappa shape index (κ2) is 4.32. The minimum Gasteiger partial charge on any atom is -0.384 e. The highest BCUT2D eigenvalue weighted by atomic mass is 35.5. The number of amidine groups is 1. The smallest absolute Gasteiger partial charge is 0.170 e. The van der Waals surface area contributed by atoms with Gasteiger partial charge < -0.3 is 5.73 Å². The van der Waals surface area contributed by atoms with Crippen molar-refractivity contribution in [2.45, 2.75) is 6.92 Å². The third kappa shape index (κ3) is 1.98. The van der Waals surface area contributed by atoms with Gasteiger partial charge in [0.25, 0.3) is 0 Å². The molecule has 2 nitrogen and oxygen atoms in total. The Labute approximate surface area is 84.8 Å². The molecule has 0 aromatic heterocycles. The van der Waals surface area contributed by atoms with Gasteiger partial charge in [-0.3, -0.25) is 5.41 Å². The minimum absolute atomic E-state index is 0. The van der Waals surface area contributed by atoms with E-state index in [0.29, 0.717) is 6.07 Å². The molecule has 78 valence electrons. The summed E-state index contributed by atoms with van der Waals surface area (Å²) in [5, 5.41) is 6.84. The fraction of sp³-hybridized carbons (Fsp3) is 0.125. The molecule has 0 aliphatic rings. The van der Waals surface area contributed by atoms with Crippen molar-refractivity contribution >= 4 is 18.2 Å². The normalized spacial score (nSPS) is 9.43. The van der Waals surface area contributed by atoms with E-state index in [1.54, 1.807) is 0 Å². The molecule has 0 atom stereocenters. The summed E-state index contributed by atoms with van der Waals surface area (Å²) in [6, 6.07) is 0.704. The molecule has 0 spiro atoms. The molecule has 0 radical (unpaired) electrons. The van der Waals surface area contributed by atoms with Crippen LogP contribution in [-0.4, -0.2) is 5.84 Å². The first-order valence-electron chi connectivity index (χ1n) is 3.43. The third-order valence-corrected chi connectivity index (χ3v) is 1.68. The lowest BCUT2D eigenvalue weighted by Crippen LogP contribution is -2.15. The van der Waals surface area contributed by atoms with Crippen LogP contribution in [0.25, 0.3) is 0 Å². The summed E-state index contributed by atoms with van der Waals surface area (Å²) in [6.07, 6.45) is 0. The van der Waals surface area contributed by atoms with Crippen molar-refractivity contribution in [1.82, 2.24) is 0 Å². The van der Waals surface area contributed by atoms with E-state index in [1.165, 1.54) is 0 Å². The van der Waals surface area contributed by atoms with Gasteiger partial charge >= 0.3 is 0 Å². The SMILES string of the molecule is Cc1c(F)cc(C(=N)N)c(F)c1F.Cl. The summed E-state index contributed by atoms with van der Waals surface area (Å²) >= 11 is 0. The highest BCUT2D eigenvalue weighted by Gasteiger charge is 2.16. The first-order valence-corrected chi connectivity index (χ1v) is 3.43. The molecular weight excluding hydrogens is 217 g/mol. The Hall–Kier alpha value is -1.23. The molecule has 0 saturated carbocycles. The number of nitrogens with one attached hydrogen (secondary N) is 1. The predicted molar refractivity (Wildman–Crippen MR) is 49.3 cm³/mol. The first-order chi connectivity index (χ1) is 5.95. The van der Waals surface area contributed by atoms with Crippen molar-refractivity contribution in [1.29, 1.82) is 5.41 Å². The molecule has 1 aromatic carbocycles. The van der Waals surface area contributed by atoms with Crippen LogP contribution in [0.2, 0.25) is 0 Å². The number of halogens is 4. The zero-order valence-electron chi connectivity index (χ0n) is 7.20. The van der Waals surface area contributed by atoms with E-state index in [1.807, 2.05) is 0 Å². The molecule has 0 heterocycles. The quantitative estimate of drug-likeness (QED) is 0.429. The largest absolute Gasteiger partial charge is 0.384 e. The van der Waals surface area contributed by atoms with E-state index in [2.05, 4.69) is 0 Å². The Balaban J connectivity index is 0.00000169. The van der Waals surface area contributed by atoms with Gasteiger partial charge in [0.2, 0.25) is 0 Å². The average Bonchev–Trinajstić information content (AvgIpc) is 2.07. The standard InChI is InChI=1S/C8H7F3N2.ClH/c1-3-5(9)2-4(8(12)13)7(11)6(3)10;/h2H,1H3,(H3,12,13);1H. The lowest BCUT2D eigenvalue weighted by molar-refractivity contribution is 0.484. The molecule has 14 heavy (non-hydrogen) atoms.